The normalized spacial score (nSPS) is 12.4. The molecule has 0 radical (unpaired) electrons. The Morgan fingerprint density at radius 2 is 2.06 bits per heavy atom. The fraction of sp³-hybridized carbons (Fsp3) is 0.500. The van der Waals surface area contributed by atoms with E-state index >= 15 is 0 Å². The second-order valence-electron chi connectivity index (χ2n) is 4.71. The van der Waals surface area contributed by atoms with Crippen LogP contribution in [0.1, 0.15) is 25.8 Å². The van der Waals surface area contributed by atoms with Crippen molar-refractivity contribution in [2.75, 3.05) is 7.11 Å². The standard InChI is InChI=1S/C14H21NO3/c1-10(2)8-12(14(16)17)15-9-11-6-4-5-7-13(11)18-3/h4-7,10,12,15H,8-9H2,1-3H3,(H,16,17)/t12-/m1/s1. The first-order valence-electron chi connectivity index (χ1n) is 6.12. The minimum absolute atomic E-state index is 0.344. The van der Waals surface area contributed by atoms with Crippen molar-refractivity contribution < 1.29 is 14.6 Å². The molecule has 0 fully saturated rings. The van der Waals surface area contributed by atoms with E-state index in [9.17, 15) is 4.79 Å². The van der Waals surface area contributed by atoms with E-state index in [2.05, 4.69) is 5.32 Å². The molecule has 1 aromatic rings. The highest BCUT2D eigenvalue weighted by Crippen LogP contribution is 2.17. The first kappa shape index (κ1) is 14.5. The van der Waals surface area contributed by atoms with Crippen molar-refractivity contribution in [3.8, 4) is 5.75 Å². The molecule has 18 heavy (non-hydrogen) atoms. The van der Waals surface area contributed by atoms with E-state index < -0.39 is 12.0 Å². The third-order valence-electron chi connectivity index (χ3n) is 2.74. The van der Waals surface area contributed by atoms with Gasteiger partial charge in [-0.1, -0.05) is 32.0 Å². The average molecular weight is 251 g/mol. The van der Waals surface area contributed by atoms with Gasteiger partial charge in [-0.25, -0.2) is 0 Å². The van der Waals surface area contributed by atoms with Crippen LogP contribution in [0.15, 0.2) is 24.3 Å². The molecule has 100 valence electrons. The predicted octanol–water partition coefficient (Wildman–Crippen LogP) is 2.28. The van der Waals surface area contributed by atoms with Crippen LogP contribution in [0.4, 0.5) is 0 Å². The molecule has 4 nitrogen and oxygen atoms in total. The Kier molecular flexibility index (Phi) is 5.65. The maximum absolute atomic E-state index is 11.1. The Morgan fingerprint density at radius 1 is 1.39 bits per heavy atom. The number of hydrogen-bond donors (Lipinski definition) is 2. The Balaban J connectivity index is 2.64. The topological polar surface area (TPSA) is 58.6 Å². The summed E-state index contributed by atoms with van der Waals surface area (Å²) in [5.41, 5.74) is 0.968. The summed E-state index contributed by atoms with van der Waals surface area (Å²) in [7, 11) is 1.61. The van der Waals surface area contributed by atoms with Gasteiger partial charge in [-0.15, -0.1) is 0 Å². The summed E-state index contributed by atoms with van der Waals surface area (Å²) in [6.07, 6.45) is 0.616. The van der Waals surface area contributed by atoms with Crippen LogP contribution in [0, 0.1) is 5.92 Å². The lowest BCUT2D eigenvalue weighted by atomic mass is 10.0. The lowest BCUT2D eigenvalue weighted by Gasteiger charge is -2.17. The summed E-state index contributed by atoms with van der Waals surface area (Å²) < 4.78 is 5.23. The molecule has 0 amide bonds. The zero-order valence-corrected chi connectivity index (χ0v) is 11.1. The summed E-state index contributed by atoms with van der Waals surface area (Å²) in [5, 5.41) is 12.2. The monoisotopic (exact) mass is 251 g/mol. The first-order chi connectivity index (χ1) is 8.54. The van der Waals surface area contributed by atoms with Gasteiger partial charge in [0.05, 0.1) is 7.11 Å². The number of carboxylic acids is 1. The van der Waals surface area contributed by atoms with E-state index in [-0.39, 0.29) is 0 Å². The smallest absolute Gasteiger partial charge is 0.320 e. The van der Waals surface area contributed by atoms with Gasteiger partial charge in [-0.05, 0) is 18.4 Å². The summed E-state index contributed by atoms with van der Waals surface area (Å²) >= 11 is 0. The number of carbonyl (C=O) groups is 1. The number of hydrogen-bond acceptors (Lipinski definition) is 3. The molecule has 0 aliphatic carbocycles. The molecule has 0 saturated carbocycles. The molecular formula is C14H21NO3. The maximum atomic E-state index is 11.1. The minimum Gasteiger partial charge on any atom is -0.496 e. The molecule has 1 aromatic carbocycles. The third kappa shape index (κ3) is 4.37. The number of rotatable bonds is 7. The highest BCUT2D eigenvalue weighted by atomic mass is 16.5. The van der Waals surface area contributed by atoms with Gasteiger partial charge < -0.3 is 15.2 Å². The van der Waals surface area contributed by atoms with Crippen LogP contribution in [-0.2, 0) is 11.3 Å². The molecule has 0 bridgehead atoms. The van der Waals surface area contributed by atoms with E-state index in [1.54, 1.807) is 7.11 Å². The van der Waals surface area contributed by atoms with Crippen molar-refractivity contribution in [1.82, 2.24) is 5.32 Å². The van der Waals surface area contributed by atoms with Crippen molar-refractivity contribution in [3.63, 3.8) is 0 Å². The van der Waals surface area contributed by atoms with Gasteiger partial charge in [-0.2, -0.15) is 0 Å². The van der Waals surface area contributed by atoms with Gasteiger partial charge in [0.2, 0.25) is 0 Å². The molecule has 0 spiro atoms. The van der Waals surface area contributed by atoms with E-state index in [4.69, 9.17) is 9.84 Å². The van der Waals surface area contributed by atoms with Crippen molar-refractivity contribution >= 4 is 5.97 Å². The largest absolute Gasteiger partial charge is 0.496 e. The molecule has 1 atom stereocenters. The van der Waals surface area contributed by atoms with E-state index in [0.29, 0.717) is 18.9 Å². The van der Waals surface area contributed by atoms with Crippen LogP contribution < -0.4 is 10.1 Å². The predicted molar refractivity (Wildman–Crippen MR) is 70.7 cm³/mol. The first-order valence-corrected chi connectivity index (χ1v) is 6.12. The van der Waals surface area contributed by atoms with Crippen LogP contribution >= 0.6 is 0 Å². The molecule has 1 rings (SSSR count). The number of para-hydroxylation sites is 1. The van der Waals surface area contributed by atoms with Crippen molar-refractivity contribution in [3.05, 3.63) is 29.8 Å². The number of carboxylic acid groups (broad SMARTS) is 1. The number of benzene rings is 1. The van der Waals surface area contributed by atoms with E-state index in [1.807, 2.05) is 38.1 Å². The number of aliphatic carboxylic acids is 1. The number of methoxy groups -OCH3 is 1. The van der Waals surface area contributed by atoms with Crippen LogP contribution in [0.25, 0.3) is 0 Å². The Bertz CT molecular complexity index is 390. The summed E-state index contributed by atoms with van der Waals surface area (Å²) in [6, 6.07) is 7.09. The van der Waals surface area contributed by atoms with Gasteiger partial charge in [0.25, 0.3) is 0 Å². The Morgan fingerprint density at radius 3 is 2.61 bits per heavy atom. The number of nitrogens with one attached hydrogen (secondary N) is 1. The van der Waals surface area contributed by atoms with Crippen molar-refractivity contribution in [2.45, 2.75) is 32.9 Å². The van der Waals surface area contributed by atoms with E-state index in [0.717, 1.165) is 11.3 Å². The Hall–Kier alpha value is -1.55. The van der Waals surface area contributed by atoms with Crippen LogP contribution in [0.3, 0.4) is 0 Å². The molecule has 0 aliphatic heterocycles. The van der Waals surface area contributed by atoms with Crippen LogP contribution in [0.2, 0.25) is 0 Å². The fourth-order valence-electron chi connectivity index (χ4n) is 1.83. The second kappa shape index (κ2) is 7.01. The van der Waals surface area contributed by atoms with Gasteiger partial charge >= 0.3 is 5.97 Å². The summed E-state index contributed by atoms with van der Waals surface area (Å²) in [6.45, 7) is 4.52. The quantitative estimate of drug-likeness (QED) is 0.780. The number of ether oxygens (including phenoxy) is 1. The molecule has 0 aliphatic rings. The van der Waals surface area contributed by atoms with Crippen molar-refractivity contribution in [2.24, 2.45) is 5.92 Å². The van der Waals surface area contributed by atoms with Crippen molar-refractivity contribution in [1.29, 1.82) is 0 Å². The molecule has 4 heteroatoms. The zero-order valence-electron chi connectivity index (χ0n) is 11.1. The molecule has 2 N–H and O–H groups in total. The highest BCUT2D eigenvalue weighted by Gasteiger charge is 2.18. The average Bonchev–Trinajstić information content (AvgIpc) is 2.34. The van der Waals surface area contributed by atoms with Gasteiger partial charge in [0.1, 0.15) is 11.8 Å². The summed E-state index contributed by atoms with van der Waals surface area (Å²) in [4.78, 5) is 11.1. The van der Waals surface area contributed by atoms with Crippen LogP contribution in [-0.4, -0.2) is 24.2 Å². The summed E-state index contributed by atoms with van der Waals surface area (Å²) in [5.74, 6) is 0.313. The maximum Gasteiger partial charge on any atom is 0.320 e. The van der Waals surface area contributed by atoms with Gasteiger partial charge in [-0.3, -0.25) is 4.79 Å². The molecule has 0 heterocycles. The molecule has 0 saturated heterocycles. The molecular weight excluding hydrogens is 230 g/mol. The lowest BCUT2D eigenvalue weighted by Crippen LogP contribution is -2.37. The molecule has 0 aromatic heterocycles. The van der Waals surface area contributed by atoms with Gasteiger partial charge in [0.15, 0.2) is 0 Å². The van der Waals surface area contributed by atoms with Crippen LogP contribution in [0.5, 0.6) is 5.75 Å². The third-order valence-corrected chi connectivity index (χ3v) is 2.74. The fourth-order valence-corrected chi connectivity index (χ4v) is 1.83. The SMILES string of the molecule is COc1ccccc1CN[C@H](CC(C)C)C(=O)O. The van der Waals surface area contributed by atoms with Gasteiger partial charge in [0, 0.05) is 12.1 Å². The zero-order chi connectivity index (χ0) is 13.5. The molecule has 0 unspecified atom stereocenters. The minimum atomic E-state index is -0.807. The Labute approximate surface area is 108 Å². The highest BCUT2D eigenvalue weighted by molar-refractivity contribution is 5.73. The second-order valence-corrected chi connectivity index (χ2v) is 4.71. The lowest BCUT2D eigenvalue weighted by molar-refractivity contribution is -0.140. The van der Waals surface area contributed by atoms with E-state index in [1.165, 1.54) is 0 Å².